The van der Waals surface area contributed by atoms with Crippen molar-refractivity contribution in [1.82, 2.24) is 0 Å². The second-order valence-corrected chi connectivity index (χ2v) is 11.8. The van der Waals surface area contributed by atoms with Gasteiger partial charge in [-0.25, -0.2) is 4.57 Å². The van der Waals surface area contributed by atoms with Crippen molar-refractivity contribution in [3.8, 4) is 0 Å². The number of aromatic nitrogens is 1. The highest BCUT2D eigenvalue weighted by atomic mass is 15.0. The van der Waals surface area contributed by atoms with E-state index in [2.05, 4.69) is 79.3 Å². The summed E-state index contributed by atoms with van der Waals surface area (Å²) in [6.07, 6.45) is 34.0. The lowest BCUT2D eigenvalue weighted by molar-refractivity contribution is -0.725. The van der Waals surface area contributed by atoms with Crippen LogP contribution in [-0.2, 0) is 6.42 Å². The SMILES string of the molecule is CCCCCCCCCCCCCCCC(CC(C)CCCCCCc1ccccc1)[n+]1ccccc1. The first kappa shape index (κ1) is 31.6. The normalized spacial score (nSPS) is 13.0. The molecule has 1 nitrogen and oxygen atoms in total. The summed E-state index contributed by atoms with van der Waals surface area (Å²) in [4.78, 5) is 0. The third-order valence-corrected chi connectivity index (χ3v) is 8.23. The third-order valence-electron chi connectivity index (χ3n) is 8.23. The van der Waals surface area contributed by atoms with E-state index >= 15 is 0 Å². The minimum atomic E-state index is 0.669. The molecule has 208 valence electrons. The summed E-state index contributed by atoms with van der Waals surface area (Å²) in [5.41, 5.74) is 1.49. The van der Waals surface area contributed by atoms with Crippen LogP contribution in [0.4, 0.5) is 0 Å². The monoisotopic (exact) mass is 506 g/mol. The Morgan fingerprint density at radius 3 is 1.62 bits per heavy atom. The van der Waals surface area contributed by atoms with Gasteiger partial charge in [0.1, 0.15) is 0 Å². The van der Waals surface area contributed by atoms with Crippen molar-refractivity contribution in [2.75, 3.05) is 0 Å². The van der Waals surface area contributed by atoms with Gasteiger partial charge < -0.3 is 0 Å². The first-order valence-electron chi connectivity index (χ1n) is 16.3. The van der Waals surface area contributed by atoms with Crippen LogP contribution in [0.3, 0.4) is 0 Å². The highest BCUT2D eigenvalue weighted by molar-refractivity contribution is 5.14. The summed E-state index contributed by atoms with van der Waals surface area (Å²) < 4.78 is 2.50. The second kappa shape index (κ2) is 22.4. The molecular formula is C36H60N+. The average Bonchev–Trinajstić information content (AvgIpc) is 2.93. The van der Waals surface area contributed by atoms with E-state index in [1.165, 1.54) is 140 Å². The van der Waals surface area contributed by atoms with E-state index in [-0.39, 0.29) is 0 Å². The molecule has 0 radical (unpaired) electrons. The molecule has 2 aromatic rings. The molecule has 0 saturated carbocycles. The smallest absolute Gasteiger partial charge is 0.169 e. The molecule has 0 saturated heterocycles. The first-order chi connectivity index (χ1) is 18.3. The Hall–Kier alpha value is -1.63. The van der Waals surface area contributed by atoms with E-state index in [4.69, 9.17) is 0 Å². The average molecular weight is 507 g/mol. The highest BCUT2D eigenvalue weighted by Gasteiger charge is 2.20. The Kier molecular flexibility index (Phi) is 19.1. The van der Waals surface area contributed by atoms with Crippen molar-refractivity contribution in [2.45, 2.75) is 155 Å². The number of aryl methyl sites for hydroxylation is 1. The lowest BCUT2D eigenvalue weighted by Gasteiger charge is -2.17. The van der Waals surface area contributed by atoms with Gasteiger partial charge in [0.15, 0.2) is 18.4 Å². The molecule has 0 aliphatic heterocycles. The third kappa shape index (κ3) is 16.7. The summed E-state index contributed by atoms with van der Waals surface area (Å²) in [5, 5.41) is 0. The van der Waals surface area contributed by atoms with Gasteiger partial charge in [-0.3, -0.25) is 0 Å². The maximum atomic E-state index is 2.50. The van der Waals surface area contributed by atoms with Crippen LogP contribution >= 0.6 is 0 Å². The fraction of sp³-hybridized carbons (Fsp3) is 0.694. The van der Waals surface area contributed by atoms with Crippen LogP contribution in [0.5, 0.6) is 0 Å². The molecule has 1 aromatic heterocycles. The van der Waals surface area contributed by atoms with Gasteiger partial charge in [0.2, 0.25) is 0 Å². The molecule has 2 unspecified atom stereocenters. The summed E-state index contributed by atoms with van der Waals surface area (Å²) in [6, 6.07) is 18.2. The van der Waals surface area contributed by atoms with Gasteiger partial charge >= 0.3 is 0 Å². The van der Waals surface area contributed by atoms with Gasteiger partial charge in [0, 0.05) is 25.0 Å². The topological polar surface area (TPSA) is 3.88 Å². The molecule has 0 amide bonds. The van der Waals surface area contributed by atoms with Crippen LogP contribution in [0.25, 0.3) is 0 Å². The van der Waals surface area contributed by atoms with Crippen LogP contribution < -0.4 is 4.57 Å². The number of benzene rings is 1. The Bertz CT molecular complexity index is 725. The van der Waals surface area contributed by atoms with Crippen molar-refractivity contribution in [3.05, 3.63) is 66.5 Å². The van der Waals surface area contributed by atoms with Crippen molar-refractivity contribution in [3.63, 3.8) is 0 Å². The molecule has 0 N–H and O–H groups in total. The predicted molar refractivity (Wildman–Crippen MR) is 163 cm³/mol. The quantitative estimate of drug-likeness (QED) is 0.0984. The Balaban J connectivity index is 1.53. The lowest BCUT2D eigenvalue weighted by atomic mass is 9.92. The first-order valence-corrected chi connectivity index (χ1v) is 16.3. The number of unbranched alkanes of at least 4 members (excludes halogenated alkanes) is 15. The molecule has 37 heavy (non-hydrogen) atoms. The Morgan fingerprint density at radius 1 is 0.541 bits per heavy atom. The van der Waals surface area contributed by atoms with Gasteiger partial charge in [-0.05, 0) is 30.7 Å². The molecule has 0 aliphatic carbocycles. The van der Waals surface area contributed by atoms with Gasteiger partial charge in [0.25, 0.3) is 0 Å². The minimum Gasteiger partial charge on any atom is -0.202 e. The fourth-order valence-corrected chi connectivity index (χ4v) is 5.84. The molecule has 0 fully saturated rings. The largest absolute Gasteiger partial charge is 0.202 e. The van der Waals surface area contributed by atoms with E-state index in [0.29, 0.717) is 6.04 Å². The van der Waals surface area contributed by atoms with Crippen molar-refractivity contribution in [2.24, 2.45) is 5.92 Å². The van der Waals surface area contributed by atoms with Crippen LogP contribution in [0.1, 0.15) is 154 Å². The van der Waals surface area contributed by atoms with E-state index in [0.717, 1.165) is 5.92 Å². The van der Waals surface area contributed by atoms with Gasteiger partial charge in [0.05, 0.1) is 0 Å². The zero-order chi connectivity index (χ0) is 26.2. The van der Waals surface area contributed by atoms with Crippen molar-refractivity contribution >= 4 is 0 Å². The molecule has 0 spiro atoms. The summed E-state index contributed by atoms with van der Waals surface area (Å²) in [5.74, 6) is 0.814. The standard InChI is InChI=1S/C36H60N/c1-3-4-5-6-7-8-9-10-11-12-13-14-23-30-36(37-31-24-18-25-32-37)33-34(2)26-19-15-16-20-27-35-28-21-17-22-29-35/h17-18,21-22,24-25,28-29,31-32,34,36H,3-16,19-20,23,26-27,30,33H2,1-2H3/q+1. The van der Waals surface area contributed by atoms with Gasteiger partial charge in [-0.2, -0.15) is 0 Å². The molecule has 0 aliphatic rings. The summed E-state index contributed by atoms with van der Waals surface area (Å²) >= 11 is 0. The van der Waals surface area contributed by atoms with Crippen LogP contribution in [0, 0.1) is 5.92 Å². The lowest BCUT2D eigenvalue weighted by Crippen LogP contribution is -2.39. The number of hydrogen-bond acceptors (Lipinski definition) is 0. The number of rotatable bonds is 24. The molecule has 1 heteroatoms. The van der Waals surface area contributed by atoms with Gasteiger partial charge in [-0.1, -0.05) is 153 Å². The van der Waals surface area contributed by atoms with E-state index < -0.39 is 0 Å². The number of nitrogens with zero attached hydrogens (tertiary/aromatic N) is 1. The minimum absolute atomic E-state index is 0.669. The van der Waals surface area contributed by atoms with Crippen molar-refractivity contribution in [1.29, 1.82) is 0 Å². The van der Waals surface area contributed by atoms with E-state index in [9.17, 15) is 0 Å². The molecule has 1 aromatic carbocycles. The number of pyridine rings is 1. The van der Waals surface area contributed by atoms with E-state index in [1.807, 2.05) is 0 Å². The summed E-state index contributed by atoms with van der Waals surface area (Å²) in [6.45, 7) is 4.79. The Labute approximate surface area is 231 Å². The molecular weight excluding hydrogens is 446 g/mol. The maximum absolute atomic E-state index is 2.50. The summed E-state index contributed by atoms with van der Waals surface area (Å²) in [7, 11) is 0. The fourth-order valence-electron chi connectivity index (χ4n) is 5.84. The highest BCUT2D eigenvalue weighted by Crippen LogP contribution is 2.24. The molecule has 2 atom stereocenters. The molecule has 2 rings (SSSR count). The van der Waals surface area contributed by atoms with Crippen LogP contribution in [-0.4, -0.2) is 0 Å². The molecule has 1 heterocycles. The van der Waals surface area contributed by atoms with E-state index in [1.54, 1.807) is 0 Å². The number of hydrogen-bond donors (Lipinski definition) is 0. The zero-order valence-electron chi connectivity index (χ0n) is 24.7. The Morgan fingerprint density at radius 2 is 1.03 bits per heavy atom. The maximum Gasteiger partial charge on any atom is 0.169 e. The second-order valence-electron chi connectivity index (χ2n) is 11.8. The predicted octanol–water partition coefficient (Wildman–Crippen LogP) is 11.2. The van der Waals surface area contributed by atoms with Crippen LogP contribution in [0.15, 0.2) is 60.9 Å². The molecule has 0 bridgehead atoms. The van der Waals surface area contributed by atoms with Gasteiger partial charge in [-0.15, -0.1) is 0 Å². The van der Waals surface area contributed by atoms with Crippen molar-refractivity contribution < 1.29 is 4.57 Å². The zero-order valence-corrected chi connectivity index (χ0v) is 24.7. The van der Waals surface area contributed by atoms with Crippen LogP contribution in [0.2, 0.25) is 0 Å².